The van der Waals surface area contributed by atoms with Crippen LogP contribution in [0.1, 0.15) is 29.0 Å². The van der Waals surface area contributed by atoms with E-state index >= 15 is 0 Å². The molecule has 5 nitrogen and oxygen atoms in total. The van der Waals surface area contributed by atoms with Gasteiger partial charge in [-0.1, -0.05) is 36.4 Å². The lowest BCUT2D eigenvalue weighted by Crippen LogP contribution is -2.27. The molecule has 1 heterocycles. The first-order valence-electron chi connectivity index (χ1n) is 6.74. The number of amides is 1. The first-order valence-corrected chi connectivity index (χ1v) is 6.74. The minimum absolute atomic E-state index is 0.0850. The number of carbonyl (C=O) groups excluding carboxylic acids is 1. The third kappa shape index (κ3) is 4.14. The molecule has 0 saturated carbocycles. The molecule has 0 saturated heterocycles. The quantitative estimate of drug-likeness (QED) is 0.799. The van der Waals surface area contributed by atoms with Crippen LogP contribution in [-0.2, 0) is 0 Å². The van der Waals surface area contributed by atoms with E-state index < -0.39 is 0 Å². The summed E-state index contributed by atoms with van der Waals surface area (Å²) < 4.78 is 0. The molecule has 0 aliphatic carbocycles. The van der Waals surface area contributed by atoms with Gasteiger partial charge in [0, 0.05) is 12.7 Å². The van der Waals surface area contributed by atoms with Gasteiger partial charge in [-0.05, 0) is 18.6 Å². The number of anilines is 1. The molecule has 108 valence electrons. The number of hydrogen-bond donors (Lipinski definition) is 2. The number of nitrogens with zero attached hydrogens (tertiary/aromatic N) is 2. The number of aromatic nitrogens is 2. The van der Waals surface area contributed by atoms with Crippen LogP contribution >= 0.6 is 0 Å². The van der Waals surface area contributed by atoms with Crippen molar-refractivity contribution in [2.45, 2.75) is 13.0 Å². The van der Waals surface area contributed by atoms with Gasteiger partial charge < -0.3 is 10.6 Å². The van der Waals surface area contributed by atoms with Gasteiger partial charge in [0.1, 0.15) is 5.69 Å². The summed E-state index contributed by atoms with van der Waals surface area (Å²) >= 11 is 0. The number of rotatable bonds is 6. The van der Waals surface area contributed by atoms with Crippen LogP contribution in [-0.4, -0.2) is 22.4 Å². The molecule has 0 fully saturated rings. The Morgan fingerprint density at radius 2 is 2.10 bits per heavy atom. The smallest absolute Gasteiger partial charge is 0.270 e. The van der Waals surface area contributed by atoms with Crippen molar-refractivity contribution in [3.05, 3.63) is 66.5 Å². The van der Waals surface area contributed by atoms with E-state index in [1.807, 2.05) is 37.3 Å². The predicted molar refractivity (Wildman–Crippen MR) is 83.0 cm³/mol. The van der Waals surface area contributed by atoms with Crippen LogP contribution in [0.25, 0.3) is 0 Å². The predicted octanol–water partition coefficient (Wildman–Crippen LogP) is 2.57. The molecule has 2 aromatic rings. The molecule has 0 radical (unpaired) electrons. The molecule has 5 heteroatoms. The highest BCUT2D eigenvalue weighted by atomic mass is 16.1. The van der Waals surface area contributed by atoms with E-state index in [1.165, 1.54) is 0 Å². The van der Waals surface area contributed by atoms with Gasteiger partial charge in [-0.25, -0.2) is 9.97 Å². The monoisotopic (exact) mass is 282 g/mol. The summed E-state index contributed by atoms with van der Waals surface area (Å²) in [5.74, 6) is 0.185. The Kier molecular flexibility index (Phi) is 5.04. The summed E-state index contributed by atoms with van der Waals surface area (Å²) in [7, 11) is 0. The van der Waals surface area contributed by atoms with Crippen molar-refractivity contribution >= 4 is 11.9 Å². The zero-order valence-corrected chi connectivity index (χ0v) is 11.9. The Balaban J connectivity index is 2.04. The van der Waals surface area contributed by atoms with Crippen molar-refractivity contribution in [3.63, 3.8) is 0 Å². The van der Waals surface area contributed by atoms with E-state index in [-0.39, 0.29) is 11.9 Å². The van der Waals surface area contributed by atoms with Crippen molar-refractivity contribution in [2.75, 3.05) is 11.9 Å². The van der Waals surface area contributed by atoms with E-state index in [0.717, 1.165) is 5.56 Å². The Morgan fingerprint density at radius 1 is 1.33 bits per heavy atom. The summed E-state index contributed by atoms with van der Waals surface area (Å²) in [4.78, 5) is 20.4. The number of nitrogens with one attached hydrogen (secondary N) is 2. The maximum absolute atomic E-state index is 12.2. The van der Waals surface area contributed by atoms with Gasteiger partial charge >= 0.3 is 0 Å². The second kappa shape index (κ2) is 7.19. The standard InChI is InChI=1S/C16H18N4O/c1-3-10-17-16-18-11-9-14(20-16)15(21)19-12(2)13-7-5-4-6-8-13/h3-9,11-12H,1,10H2,2H3,(H,19,21)(H,17,18,20). The first kappa shape index (κ1) is 14.7. The van der Waals surface area contributed by atoms with Crippen molar-refractivity contribution in [1.29, 1.82) is 0 Å². The van der Waals surface area contributed by atoms with E-state index in [2.05, 4.69) is 27.2 Å². The maximum atomic E-state index is 12.2. The van der Waals surface area contributed by atoms with E-state index in [9.17, 15) is 4.79 Å². The molecule has 1 unspecified atom stereocenters. The lowest BCUT2D eigenvalue weighted by atomic mass is 10.1. The molecule has 0 spiro atoms. The fraction of sp³-hybridized carbons (Fsp3) is 0.188. The van der Waals surface area contributed by atoms with Crippen molar-refractivity contribution < 1.29 is 4.79 Å². The van der Waals surface area contributed by atoms with E-state index in [4.69, 9.17) is 0 Å². The molecule has 2 rings (SSSR count). The van der Waals surface area contributed by atoms with Crippen molar-refractivity contribution in [2.24, 2.45) is 0 Å². The SMILES string of the molecule is C=CCNc1nccc(C(=O)NC(C)c2ccccc2)n1. The molecule has 1 aromatic heterocycles. The third-order valence-corrected chi connectivity index (χ3v) is 2.94. The zero-order chi connectivity index (χ0) is 15.1. The average molecular weight is 282 g/mol. The molecule has 21 heavy (non-hydrogen) atoms. The van der Waals surface area contributed by atoms with Gasteiger partial charge in [0.15, 0.2) is 0 Å². The summed E-state index contributed by atoms with van der Waals surface area (Å²) in [5.41, 5.74) is 1.38. The Labute approximate surface area is 124 Å². The van der Waals surface area contributed by atoms with Crippen LogP contribution < -0.4 is 10.6 Å². The summed E-state index contributed by atoms with van der Waals surface area (Å²) in [5, 5.41) is 5.87. The minimum atomic E-state index is -0.226. The second-order valence-electron chi connectivity index (χ2n) is 4.54. The molecule has 1 aromatic carbocycles. The largest absolute Gasteiger partial charge is 0.351 e. The van der Waals surface area contributed by atoms with E-state index in [0.29, 0.717) is 18.2 Å². The van der Waals surface area contributed by atoms with Crippen molar-refractivity contribution in [3.8, 4) is 0 Å². The number of hydrogen-bond acceptors (Lipinski definition) is 4. The topological polar surface area (TPSA) is 66.9 Å². The maximum Gasteiger partial charge on any atom is 0.270 e. The van der Waals surface area contributed by atoms with Crippen LogP contribution in [0.5, 0.6) is 0 Å². The highest BCUT2D eigenvalue weighted by Gasteiger charge is 2.13. The third-order valence-electron chi connectivity index (χ3n) is 2.94. The average Bonchev–Trinajstić information content (AvgIpc) is 2.54. The molecule has 0 aliphatic rings. The lowest BCUT2D eigenvalue weighted by Gasteiger charge is -2.14. The molecular weight excluding hydrogens is 264 g/mol. The van der Waals surface area contributed by atoms with Gasteiger partial charge in [0.05, 0.1) is 6.04 Å². The Morgan fingerprint density at radius 3 is 2.81 bits per heavy atom. The summed E-state index contributed by atoms with van der Waals surface area (Å²) in [6, 6.07) is 11.3. The van der Waals surface area contributed by atoms with Gasteiger partial charge in [-0.2, -0.15) is 0 Å². The number of benzene rings is 1. The van der Waals surface area contributed by atoms with Crippen LogP contribution in [0.3, 0.4) is 0 Å². The molecule has 1 amide bonds. The summed E-state index contributed by atoms with van der Waals surface area (Å²) in [6.45, 7) is 6.09. The molecular formula is C16H18N4O. The van der Waals surface area contributed by atoms with Gasteiger partial charge in [0.2, 0.25) is 5.95 Å². The first-order chi connectivity index (χ1) is 10.2. The fourth-order valence-corrected chi connectivity index (χ4v) is 1.83. The van der Waals surface area contributed by atoms with Gasteiger partial charge in [-0.3, -0.25) is 4.79 Å². The van der Waals surface area contributed by atoms with Crippen LogP contribution in [0.15, 0.2) is 55.3 Å². The Hall–Kier alpha value is -2.69. The molecule has 2 N–H and O–H groups in total. The second-order valence-corrected chi connectivity index (χ2v) is 4.54. The van der Waals surface area contributed by atoms with Crippen LogP contribution in [0.4, 0.5) is 5.95 Å². The molecule has 0 aliphatic heterocycles. The minimum Gasteiger partial charge on any atom is -0.351 e. The zero-order valence-electron chi connectivity index (χ0n) is 11.9. The van der Waals surface area contributed by atoms with Crippen LogP contribution in [0.2, 0.25) is 0 Å². The molecule has 0 bridgehead atoms. The van der Waals surface area contributed by atoms with Crippen molar-refractivity contribution in [1.82, 2.24) is 15.3 Å². The van der Waals surface area contributed by atoms with Gasteiger partial charge in [-0.15, -0.1) is 6.58 Å². The Bertz CT molecular complexity index is 613. The van der Waals surface area contributed by atoms with Crippen LogP contribution in [0, 0.1) is 0 Å². The lowest BCUT2D eigenvalue weighted by molar-refractivity contribution is 0.0935. The van der Waals surface area contributed by atoms with E-state index in [1.54, 1.807) is 18.3 Å². The van der Waals surface area contributed by atoms with Gasteiger partial charge in [0.25, 0.3) is 5.91 Å². The molecule has 1 atom stereocenters. The highest BCUT2D eigenvalue weighted by molar-refractivity contribution is 5.92. The normalized spacial score (nSPS) is 11.5. The summed E-state index contributed by atoms with van der Waals surface area (Å²) in [6.07, 6.45) is 3.26. The highest BCUT2D eigenvalue weighted by Crippen LogP contribution is 2.12. The fourth-order valence-electron chi connectivity index (χ4n) is 1.83. The number of carbonyl (C=O) groups is 1.